The van der Waals surface area contributed by atoms with Crippen molar-refractivity contribution in [3.63, 3.8) is 0 Å². The van der Waals surface area contributed by atoms with Gasteiger partial charge in [0.05, 0.1) is 17.1 Å². The number of rotatable bonds is 0. The summed E-state index contributed by atoms with van der Waals surface area (Å²) in [6, 6.07) is 27.6. The number of nitrogens with zero attached hydrogens (tertiary/aromatic N) is 2. The summed E-state index contributed by atoms with van der Waals surface area (Å²) in [5.74, 6) is 0. The smallest absolute Gasteiger partial charge is 0.0539 e. The first kappa shape index (κ1) is 18.2. The van der Waals surface area contributed by atoms with Gasteiger partial charge < -0.3 is 4.90 Å². The Morgan fingerprint density at radius 1 is 0.543 bits per heavy atom. The van der Waals surface area contributed by atoms with Crippen molar-refractivity contribution >= 4 is 17.1 Å². The average molecular weight is 447 g/mol. The van der Waals surface area contributed by atoms with Crippen molar-refractivity contribution in [2.45, 2.75) is 25.7 Å². The molecule has 0 atom stereocenters. The van der Waals surface area contributed by atoms with Gasteiger partial charge in [-0.1, -0.05) is 54.6 Å². The Morgan fingerprint density at radius 3 is 2.23 bits per heavy atom. The van der Waals surface area contributed by atoms with E-state index in [4.69, 9.17) is 0 Å². The van der Waals surface area contributed by atoms with Crippen molar-refractivity contribution < 1.29 is 0 Å². The number of fused-ring (bicyclic) bond motifs is 11. The van der Waals surface area contributed by atoms with Crippen molar-refractivity contribution in [2.24, 2.45) is 0 Å². The van der Waals surface area contributed by atoms with E-state index in [0.717, 1.165) is 25.7 Å². The normalized spacial score (nSPS) is 14.9. The molecule has 9 rings (SSSR count). The molecule has 1 aromatic heterocycles. The highest BCUT2D eigenvalue weighted by Gasteiger charge is 2.37. The maximum atomic E-state index is 4.53. The van der Waals surface area contributed by atoms with Gasteiger partial charge in [-0.2, -0.15) is 0 Å². The standard InChI is InChI=1S/C33H22N2/c1-3-7-26-19(5-1)11-21-17-31-22(15-28(21)26)13-24-14-23-12-20-6-2-4-8-27(20)32(23)29-16-25-18-34-10-9-30(25)35(31)33(24)29/h1-10,14-15,17-18H,11-13,16H2. The predicted molar refractivity (Wildman–Crippen MR) is 141 cm³/mol. The summed E-state index contributed by atoms with van der Waals surface area (Å²) in [4.78, 5) is 7.10. The molecule has 0 saturated heterocycles. The van der Waals surface area contributed by atoms with E-state index in [-0.39, 0.29) is 0 Å². The predicted octanol–water partition coefficient (Wildman–Crippen LogP) is 7.50. The molecule has 2 aliphatic carbocycles. The van der Waals surface area contributed by atoms with E-state index < -0.39 is 0 Å². The average Bonchev–Trinajstić information content (AvgIpc) is 3.45. The van der Waals surface area contributed by atoms with E-state index in [1.807, 2.05) is 6.20 Å². The lowest BCUT2D eigenvalue weighted by Crippen LogP contribution is -2.25. The van der Waals surface area contributed by atoms with Gasteiger partial charge in [0.25, 0.3) is 0 Å². The minimum absolute atomic E-state index is 0.950. The Hall–Kier alpha value is -4.17. The molecule has 2 heteroatoms. The third-order valence-electron chi connectivity index (χ3n) is 8.55. The summed E-state index contributed by atoms with van der Waals surface area (Å²) in [5.41, 5.74) is 21.3. The first-order valence-electron chi connectivity index (χ1n) is 12.6. The lowest BCUT2D eigenvalue weighted by atomic mass is 9.82. The molecule has 4 aliphatic rings. The fourth-order valence-corrected chi connectivity index (χ4v) is 7.15. The van der Waals surface area contributed by atoms with Crippen molar-refractivity contribution in [2.75, 3.05) is 4.90 Å². The van der Waals surface area contributed by atoms with Crippen LogP contribution in [0.3, 0.4) is 0 Å². The second-order valence-electron chi connectivity index (χ2n) is 10.4. The molecule has 2 nitrogen and oxygen atoms in total. The minimum atomic E-state index is 0.950. The molecule has 0 N–H and O–H groups in total. The number of hydrogen-bond donors (Lipinski definition) is 0. The number of hydrogen-bond acceptors (Lipinski definition) is 2. The molecule has 4 aromatic carbocycles. The van der Waals surface area contributed by atoms with Crippen LogP contribution in [0.15, 0.2) is 85.2 Å². The largest absolute Gasteiger partial charge is 0.309 e. The molecule has 0 amide bonds. The van der Waals surface area contributed by atoms with E-state index in [0.29, 0.717) is 0 Å². The zero-order chi connectivity index (χ0) is 22.7. The van der Waals surface area contributed by atoms with Crippen LogP contribution < -0.4 is 4.90 Å². The zero-order valence-corrected chi connectivity index (χ0v) is 19.3. The fraction of sp³-hybridized carbons (Fsp3) is 0.121. The highest BCUT2D eigenvalue weighted by molar-refractivity contribution is 5.96. The molecule has 0 saturated carbocycles. The van der Waals surface area contributed by atoms with Crippen LogP contribution in [0.2, 0.25) is 0 Å². The van der Waals surface area contributed by atoms with Gasteiger partial charge in [-0.25, -0.2) is 0 Å². The molecular formula is C33H22N2. The summed E-state index contributed by atoms with van der Waals surface area (Å²) in [6.07, 6.45) is 8.03. The Balaban J connectivity index is 1.34. The highest BCUT2D eigenvalue weighted by Crippen LogP contribution is 2.56. The van der Waals surface area contributed by atoms with E-state index in [1.54, 1.807) is 0 Å². The van der Waals surface area contributed by atoms with E-state index >= 15 is 0 Å². The third kappa shape index (κ3) is 2.27. The Kier molecular flexibility index (Phi) is 3.27. The SMILES string of the molecule is c1ccc2c(c1)Cc1cc3c(cc1-2)Cc1cc2c(c4c1N3c1ccncc1C4)-c1ccccc1C2. The van der Waals surface area contributed by atoms with Crippen LogP contribution in [-0.4, -0.2) is 4.98 Å². The summed E-state index contributed by atoms with van der Waals surface area (Å²) in [7, 11) is 0. The number of pyridine rings is 1. The molecule has 164 valence electrons. The van der Waals surface area contributed by atoms with Crippen molar-refractivity contribution in [1.82, 2.24) is 4.98 Å². The summed E-state index contributed by atoms with van der Waals surface area (Å²) in [6.45, 7) is 0. The second-order valence-corrected chi connectivity index (χ2v) is 10.4. The number of benzene rings is 4. The van der Waals surface area contributed by atoms with Crippen LogP contribution in [0.4, 0.5) is 17.1 Å². The first-order chi connectivity index (χ1) is 17.3. The third-order valence-corrected chi connectivity index (χ3v) is 8.55. The second kappa shape index (κ2) is 6.28. The van der Waals surface area contributed by atoms with Gasteiger partial charge in [-0.15, -0.1) is 0 Å². The quantitative estimate of drug-likeness (QED) is 0.240. The molecule has 0 fully saturated rings. The van der Waals surface area contributed by atoms with Gasteiger partial charge in [0, 0.05) is 25.2 Å². The van der Waals surface area contributed by atoms with Gasteiger partial charge in [0.15, 0.2) is 0 Å². The topological polar surface area (TPSA) is 16.1 Å². The molecule has 3 heterocycles. The van der Waals surface area contributed by atoms with Crippen molar-refractivity contribution in [3.8, 4) is 22.3 Å². The van der Waals surface area contributed by atoms with Crippen LogP contribution in [0.1, 0.15) is 44.5 Å². The van der Waals surface area contributed by atoms with E-state index in [9.17, 15) is 0 Å². The molecule has 0 bridgehead atoms. The lowest BCUT2D eigenvalue weighted by molar-refractivity contribution is 0.995. The van der Waals surface area contributed by atoms with Crippen molar-refractivity contribution in [1.29, 1.82) is 0 Å². The van der Waals surface area contributed by atoms with Crippen LogP contribution >= 0.6 is 0 Å². The van der Waals surface area contributed by atoms with Gasteiger partial charge in [0.1, 0.15) is 0 Å². The first-order valence-corrected chi connectivity index (χ1v) is 12.6. The Bertz CT molecular complexity index is 1760. The highest BCUT2D eigenvalue weighted by atomic mass is 15.2. The molecule has 2 aliphatic heterocycles. The van der Waals surface area contributed by atoms with Gasteiger partial charge in [-0.3, -0.25) is 4.98 Å². The molecular weight excluding hydrogens is 424 g/mol. The lowest BCUT2D eigenvalue weighted by Gasteiger charge is -2.40. The van der Waals surface area contributed by atoms with Gasteiger partial charge in [0.2, 0.25) is 0 Å². The molecule has 0 unspecified atom stereocenters. The van der Waals surface area contributed by atoms with Gasteiger partial charge in [-0.05, 0) is 97.8 Å². The van der Waals surface area contributed by atoms with E-state index in [2.05, 4.69) is 88.9 Å². The molecule has 0 spiro atoms. The number of anilines is 3. The van der Waals surface area contributed by atoms with Crippen LogP contribution in [0.5, 0.6) is 0 Å². The van der Waals surface area contributed by atoms with E-state index in [1.165, 1.54) is 83.8 Å². The summed E-state index contributed by atoms with van der Waals surface area (Å²) in [5, 5.41) is 0. The molecule has 5 aromatic rings. The molecule has 35 heavy (non-hydrogen) atoms. The molecule has 0 radical (unpaired) electrons. The maximum absolute atomic E-state index is 4.53. The summed E-state index contributed by atoms with van der Waals surface area (Å²) >= 11 is 0. The Morgan fingerprint density at radius 2 is 1.31 bits per heavy atom. The van der Waals surface area contributed by atoms with Crippen LogP contribution in [-0.2, 0) is 25.7 Å². The Labute approximate surface area is 204 Å². The fourth-order valence-electron chi connectivity index (χ4n) is 7.15. The summed E-state index contributed by atoms with van der Waals surface area (Å²) < 4.78 is 0. The number of aromatic nitrogens is 1. The zero-order valence-electron chi connectivity index (χ0n) is 19.3. The maximum Gasteiger partial charge on any atom is 0.0539 e. The van der Waals surface area contributed by atoms with Crippen molar-refractivity contribution in [3.05, 3.63) is 130 Å². The minimum Gasteiger partial charge on any atom is -0.309 e. The van der Waals surface area contributed by atoms with Crippen LogP contribution in [0.25, 0.3) is 22.3 Å². The van der Waals surface area contributed by atoms with Crippen LogP contribution in [0, 0.1) is 0 Å². The monoisotopic (exact) mass is 446 g/mol. The van der Waals surface area contributed by atoms with Gasteiger partial charge >= 0.3 is 0 Å².